The van der Waals surface area contributed by atoms with E-state index in [0.717, 1.165) is 5.69 Å². The topological polar surface area (TPSA) is 70.6 Å². The summed E-state index contributed by atoms with van der Waals surface area (Å²) in [6, 6.07) is 7.15. The van der Waals surface area contributed by atoms with Crippen molar-refractivity contribution in [2.24, 2.45) is 0 Å². The third-order valence-corrected chi connectivity index (χ3v) is 2.95. The van der Waals surface area contributed by atoms with Gasteiger partial charge in [-0.05, 0) is 59.7 Å². The molecule has 0 radical (unpaired) electrons. The van der Waals surface area contributed by atoms with Crippen LogP contribution in [0.2, 0.25) is 0 Å². The minimum Gasteiger partial charge on any atom is -0.444 e. The van der Waals surface area contributed by atoms with Gasteiger partial charge < -0.3 is 15.2 Å². The van der Waals surface area contributed by atoms with Crippen molar-refractivity contribution >= 4 is 17.5 Å². The molecule has 1 atom stereocenters. The van der Waals surface area contributed by atoms with Gasteiger partial charge >= 0.3 is 6.09 Å². The van der Waals surface area contributed by atoms with E-state index in [1.807, 2.05) is 39.8 Å². The summed E-state index contributed by atoms with van der Waals surface area (Å²) in [6.07, 6.45) is -0.491. The third kappa shape index (κ3) is 6.49. The summed E-state index contributed by atoms with van der Waals surface area (Å²) >= 11 is 0. The molecule has 0 saturated heterocycles. The number of carbonyl (C=O) groups is 1. The number of aliphatic hydroxyl groups is 1. The molecule has 21 heavy (non-hydrogen) atoms. The van der Waals surface area contributed by atoms with Crippen molar-refractivity contribution < 1.29 is 14.6 Å². The predicted octanol–water partition coefficient (Wildman–Crippen LogP) is 3.60. The monoisotopic (exact) mass is 294 g/mol. The van der Waals surface area contributed by atoms with Crippen molar-refractivity contribution in [2.75, 3.05) is 10.6 Å². The van der Waals surface area contributed by atoms with Crippen molar-refractivity contribution in [1.29, 1.82) is 0 Å². The fourth-order valence-corrected chi connectivity index (χ4v) is 1.53. The lowest BCUT2D eigenvalue weighted by molar-refractivity contribution is 0.0631. The van der Waals surface area contributed by atoms with E-state index in [9.17, 15) is 9.90 Å². The Labute approximate surface area is 126 Å². The van der Waals surface area contributed by atoms with E-state index < -0.39 is 17.3 Å². The van der Waals surface area contributed by atoms with Crippen LogP contribution in [0, 0.1) is 0 Å². The highest BCUT2D eigenvalue weighted by atomic mass is 16.6. The maximum atomic E-state index is 11.7. The summed E-state index contributed by atoms with van der Waals surface area (Å²) in [6.45, 7) is 10.8. The number of amides is 1. The van der Waals surface area contributed by atoms with Gasteiger partial charge in [0.1, 0.15) is 5.60 Å². The summed E-state index contributed by atoms with van der Waals surface area (Å²) in [5.41, 5.74) is 0.0830. The van der Waals surface area contributed by atoms with Gasteiger partial charge in [-0.25, -0.2) is 4.79 Å². The molecule has 0 spiro atoms. The normalized spacial score (nSPS) is 13.5. The Morgan fingerprint density at radius 2 is 1.76 bits per heavy atom. The summed E-state index contributed by atoms with van der Waals surface area (Å²) in [5.74, 6) is 0. The van der Waals surface area contributed by atoms with Gasteiger partial charge in [-0.2, -0.15) is 0 Å². The lowest BCUT2D eigenvalue weighted by Crippen LogP contribution is -2.39. The van der Waals surface area contributed by atoms with Crippen LogP contribution in [-0.2, 0) is 4.74 Å². The predicted molar refractivity (Wildman–Crippen MR) is 85.7 cm³/mol. The molecule has 1 aromatic carbocycles. The lowest BCUT2D eigenvalue weighted by Gasteiger charge is -2.27. The van der Waals surface area contributed by atoms with Crippen molar-refractivity contribution in [2.45, 2.75) is 58.8 Å². The van der Waals surface area contributed by atoms with Crippen LogP contribution >= 0.6 is 0 Å². The average molecular weight is 294 g/mol. The van der Waals surface area contributed by atoms with Gasteiger partial charge in [0, 0.05) is 11.4 Å². The van der Waals surface area contributed by atoms with E-state index in [4.69, 9.17) is 4.74 Å². The lowest BCUT2D eigenvalue weighted by atomic mass is 10.0. The van der Waals surface area contributed by atoms with Crippen molar-refractivity contribution in [3.63, 3.8) is 0 Å². The van der Waals surface area contributed by atoms with Gasteiger partial charge in [0.15, 0.2) is 0 Å². The first-order chi connectivity index (χ1) is 9.47. The van der Waals surface area contributed by atoms with Gasteiger partial charge in [0.05, 0.1) is 11.6 Å². The molecule has 0 aliphatic heterocycles. The highest BCUT2D eigenvalue weighted by molar-refractivity contribution is 5.85. The van der Waals surface area contributed by atoms with Gasteiger partial charge in [-0.3, -0.25) is 5.32 Å². The van der Waals surface area contributed by atoms with Crippen LogP contribution in [0.15, 0.2) is 24.3 Å². The quantitative estimate of drug-likeness (QED) is 0.793. The Morgan fingerprint density at radius 3 is 2.29 bits per heavy atom. The standard InChI is InChI=1S/C16H26N2O3/c1-11(16(5,6)20)17-12-8-7-9-13(10-12)18-14(19)21-15(2,3)4/h7-11,17,20H,1-6H3,(H,18,19). The zero-order valence-corrected chi connectivity index (χ0v) is 13.7. The molecule has 1 unspecified atom stereocenters. The van der Waals surface area contributed by atoms with Gasteiger partial charge in [0.2, 0.25) is 0 Å². The van der Waals surface area contributed by atoms with Crippen molar-refractivity contribution in [3.05, 3.63) is 24.3 Å². The summed E-state index contributed by atoms with van der Waals surface area (Å²) in [4.78, 5) is 11.7. The minimum absolute atomic E-state index is 0.130. The fraction of sp³-hybridized carbons (Fsp3) is 0.562. The van der Waals surface area contributed by atoms with Crippen LogP contribution < -0.4 is 10.6 Å². The molecule has 0 heterocycles. The molecular weight excluding hydrogens is 268 g/mol. The van der Waals surface area contributed by atoms with Gasteiger partial charge in [0.25, 0.3) is 0 Å². The van der Waals surface area contributed by atoms with Crippen LogP contribution in [0.5, 0.6) is 0 Å². The number of benzene rings is 1. The van der Waals surface area contributed by atoms with Gasteiger partial charge in [-0.15, -0.1) is 0 Å². The second kappa shape index (κ2) is 6.35. The SMILES string of the molecule is CC(Nc1cccc(NC(=O)OC(C)(C)C)c1)C(C)(C)O. The highest BCUT2D eigenvalue weighted by Gasteiger charge is 2.22. The van der Waals surface area contributed by atoms with Crippen LogP contribution in [0.1, 0.15) is 41.5 Å². The molecule has 0 aliphatic rings. The fourth-order valence-electron chi connectivity index (χ4n) is 1.53. The Hall–Kier alpha value is -1.75. The largest absolute Gasteiger partial charge is 0.444 e. The molecule has 1 rings (SSSR count). The van der Waals surface area contributed by atoms with Crippen LogP contribution in [0.25, 0.3) is 0 Å². The molecule has 3 N–H and O–H groups in total. The average Bonchev–Trinajstić information content (AvgIpc) is 2.25. The minimum atomic E-state index is -0.839. The zero-order valence-electron chi connectivity index (χ0n) is 13.7. The number of ether oxygens (including phenoxy) is 1. The summed E-state index contributed by atoms with van der Waals surface area (Å²) in [7, 11) is 0. The van der Waals surface area contributed by atoms with Gasteiger partial charge in [-0.1, -0.05) is 6.07 Å². The summed E-state index contributed by atoms with van der Waals surface area (Å²) < 4.78 is 5.21. The Morgan fingerprint density at radius 1 is 1.19 bits per heavy atom. The van der Waals surface area contributed by atoms with E-state index in [0.29, 0.717) is 5.69 Å². The van der Waals surface area contributed by atoms with E-state index in [2.05, 4.69) is 10.6 Å². The Balaban J connectivity index is 2.71. The first-order valence-corrected chi connectivity index (χ1v) is 7.06. The molecule has 0 fully saturated rings. The first kappa shape index (κ1) is 17.3. The third-order valence-electron chi connectivity index (χ3n) is 2.95. The second-order valence-corrected chi connectivity index (χ2v) is 6.73. The molecule has 1 aromatic rings. The van der Waals surface area contributed by atoms with Crippen LogP contribution in [-0.4, -0.2) is 28.4 Å². The van der Waals surface area contributed by atoms with Crippen LogP contribution in [0.4, 0.5) is 16.2 Å². The number of hydrogen-bond acceptors (Lipinski definition) is 4. The number of anilines is 2. The smallest absolute Gasteiger partial charge is 0.412 e. The second-order valence-electron chi connectivity index (χ2n) is 6.73. The maximum absolute atomic E-state index is 11.7. The highest BCUT2D eigenvalue weighted by Crippen LogP contribution is 2.20. The first-order valence-electron chi connectivity index (χ1n) is 7.06. The van der Waals surface area contributed by atoms with E-state index in [-0.39, 0.29) is 6.04 Å². The molecule has 0 bridgehead atoms. The molecule has 0 saturated carbocycles. The van der Waals surface area contributed by atoms with Crippen LogP contribution in [0.3, 0.4) is 0 Å². The van der Waals surface area contributed by atoms with E-state index >= 15 is 0 Å². The van der Waals surface area contributed by atoms with E-state index in [1.54, 1.807) is 26.0 Å². The summed E-state index contributed by atoms with van der Waals surface area (Å²) in [5, 5.41) is 15.8. The van der Waals surface area contributed by atoms with E-state index in [1.165, 1.54) is 0 Å². The number of hydrogen-bond donors (Lipinski definition) is 3. The number of rotatable bonds is 4. The van der Waals surface area contributed by atoms with Crippen molar-refractivity contribution in [1.82, 2.24) is 0 Å². The molecule has 5 nitrogen and oxygen atoms in total. The van der Waals surface area contributed by atoms with Crippen molar-refractivity contribution in [3.8, 4) is 0 Å². The molecular formula is C16H26N2O3. The molecule has 1 amide bonds. The molecule has 0 aromatic heterocycles. The zero-order chi connectivity index (χ0) is 16.3. The maximum Gasteiger partial charge on any atom is 0.412 e. The molecule has 5 heteroatoms. The Bertz CT molecular complexity index is 487. The molecule has 118 valence electrons. The molecule has 0 aliphatic carbocycles. The number of carbonyl (C=O) groups excluding carboxylic acids is 1. The Kier molecular flexibility index (Phi) is 5.23. The number of nitrogens with one attached hydrogen (secondary N) is 2.